The van der Waals surface area contributed by atoms with Crippen LogP contribution in [0.4, 0.5) is 5.82 Å². The number of methoxy groups -OCH3 is 1. The number of nitrogens with zero attached hydrogens (tertiary/aromatic N) is 4. The van der Waals surface area contributed by atoms with Crippen molar-refractivity contribution in [1.82, 2.24) is 20.0 Å². The Bertz CT molecular complexity index is 876. The minimum Gasteiger partial charge on any atom is -0.465 e. The molecule has 0 aliphatic rings. The normalized spacial score (nSPS) is 11.8. The molecule has 0 saturated heterocycles. The first-order valence-corrected chi connectivity index (χ1v) is 7.88. The molecule has 0 aliphatic heterocycles. The summed E-state index contributed by atoms with van der Waals surface area (Å²) in [6.45, 7) is 3.75. The summed E-state index contributed by atoms with van der Waals surface area (Å²) in [6, 6.07) is 13.1. The van der Waals surface area contributed by atoms with E-state index in [2.05, 4.69) is 20.6 Å². The first-order chi connectivity index (χ1) is 12.1. The van der Waals surface area contributed by atoms with E-state index in [1.807, 2.05) is 43.5 Å². The number of ether oxygens (including phenoxy) is 1. The molecule has 0 bridgehead atoms. The van der Waals surface area contributed by atoms with Crippen LogP contribution < -0.4 is 5.32 Å². The Kier molecular flexibility index (Phi) is 4.74. The molecule has 0 fully saturated rings. The molecule has 1 aromatic carbocycles. The Morgan fingerprint density at radius 1 is 1.20 bits per heavy atom. The third-order valence-electron chi connectivity index (χ3n) is 3.83. The summed E-state index contributed by atoms with van der Waals surface area (Å²) in [7, 11) is 1.35. The molecular weight excluding hydrogens is 318 g/mol. The van der Waals surface area contributed by atoms with Crippen LogP contribution in [0.25, 0.3) is 5.69 Å². The Labute approximate surface area is 145 Å². The van der Waals surface area contributed by atoms with Crippen molar-refractivity contribution in [2.24, 2.45) is 0 Å². The van der Waals surface area contributed by atoms with Crippen LogP contribution in [0.1, 0.15) is 34.7 Å². The number of para-hydroxylation sites is 1. The topological polar surface area (TPSA) is 81.9 Å². The van der Waals surface area contributed by atoms with Crippen molar-refractivity contribution in [3.63, 3.8) is 0 Å². The fraction of sp³-hybridized carbons (Fsp3) is 0.222. The molecule has 2 heterocycles. The number of hydrogen-bond donors (Lipinski definition) is 1. The number of benzene rings is 1. The molecule has 1 unspecified atom stereocenters. The lowest BCUT2D eigenvalue weighted by Crippen LogP contribution is -2.11. The second kappa shape index (κ2) is 7.12. The number of pyridine rings is 1. The molecule has 3 aromatic rings. The number of carbonyl (C=O) groups is 1. The van der Waals surface area contributed by atoms with E-state index in [-0.39, 0.29) is 6.04 Å². The first-order valence-electron chi connectivity index (χ1n) is 7.88. The van der Waals surface area contributed by atoms with Gasteiger partial charge in [0.25, 0.3) is 0 Å². The summed E-state index contributed by atoms with van der Waals surface area (Å²) in [5.41, 5.74) is 2.80. The molecule has 1 atom stereocenters. The smallest absolute Gasteiger partial charge is 0.339 e. The quantitative estimate of drug-likeness (QED) is 0.721. The fourth-order valence-corrected chi connectivity index (χ4v) is 2.44. The Balaban J connectivity index is 1.74. The molecule has 0 aliphatic carbocycles. The molecule has 1 N–H and O–H groups in total. The van der Waals surface area contributed by atoms with Crippen LogP contribution in [0.5, 0.6) is 0 Å². The van der Waals surface area contributed by atoms with Crippen LogP contribution in [-0.2, 0) is 4.74 Å². The average molecular weight is 337 g/mol. The van der Waals surface area contributed by atoms with Crippen molar-refractivity contribution in [3.05, 3.63) is 65.6 Å². The number of aromatic nitrogens is 4. The molecule has 25 heavy (non-hydrogen) atoms. The van der Waals surface area contributed by atoms with Crippen molar-refractivity contribution < 1.29 is 9.53 Å². The van der Waals surface area contributed by atoms with Gasteiger partial charge < -0.3 is 10.1 Å². The second-order valence-electron chi connectivity index (χ2n) is 5.61. The van der Waals surface area contributed by atoms with Crippen LogP contribution >= 0.6 is 0 Å². The van der Waals surface area contributed by atoms with E-state index in [0.29, 0.717) is 17.1 Å². The summed E-state index contributed by atoms with van der Waals surface area (Å²) in [4.78, 5) is 16.0. The van der Waals surface area contributed by atoms with Crippen molar-refractivity contribution >= 4 is 11.8 Å². The van der Waals surface area contributed by atoms with Gasteiger partial charge in [0.15, 0.2) is 0 Å². The number of carbonyl (C=O) groups excluding carboxylic acids is 1. The summed E-state index contributed by atoms with van der Waals surface area (Å²) < 4.78 is 6.46. The van der Waals surface area contributed by atoms with Gasteiger partial charge in [0.1, 0.15) is 11.5 Å². The van der Waals surface area contributed by atoms with Crippen LogP contribution in [0, 0.1) is 6.92 Å². The molecule has 3 rings (SSSR count). The number of nitrogens with one attached hydrogen (secondary N) is 1. The lowest BCUT2D eigenvalue weighted by molar-refractivity contribution is 0.0599. The van der Waals surface area contributed by atoms with E-state index in [9.17, 15) is 4.79 Å². The fourth-order valence-electron chi connectivity index (χ4n) is 2.44. The van der Waals surface area contributed by atoms with E-state index < -0.39 is 5.97 Å². The Morgan fingerprint density at radius 3 is 2.64 bits per heavy atom. The zero-order valence-corrected chi connectivity index (χ0v) is 14.3. The van der Waals surface area contributed by atoms with E-state index in [1.165, 1.54) is 7.11 Å². The van der Waals surface area contributed by atoms with Gasteiger partial charge in [0.2, 0.25) is 0 Å². The molecule has 2 aromatic heterocycles. The maximum atomic E-state index is 11.6. The zero-order valence-electron chi connectivity index (χ0n) is 14.3. The van der Waals surface area contributed by atoms with Gasteiger partial charge in [-0.2, -0.15) is 0 Å². The van der Waals surface area contributed by atoms with Crippen molar-refractivity contribution in [2.75, 3.05) is 12.4 Å². The van der Waals surface area contributed by atoms with Crippen LogP contribution in [0.3, 0.4) is 0 Å². The summed E-state index contributed by atoms with van der Waals surface area (Å²) in [5, 5.41) is 11.6. The third kappa shape index (κ3) is 3.65. The molecule has 7 nitrogen and oxygen atoms in total. The van der Waals surface area contributed by atoms with E-state index in [1.54, 1.807) is 23.7 Å². The summed E-state index contributed by atoms with van der Waals surface area (Å²) in [6.07, 6.45) is 1.88. The summed E-state index contributed by atoms with van der Waals surface area (Å²) >= 11 is 0. The van der Waals surface area contributed by atoms with Gasteiger partial charge >= 0.3 is 5.97 Å². The van der Waals surface area contributed by atoms with Gasteiger partial charge in [0, 0.05) is 0 Å². The number of anilines is 1. The SMILES string of the molecule is COC(=O)c1ccc(NC(C)c2cn(-c3ccccc3)nn2)nc1C. The number of hydrogen-bond acceptors (Lipinski definition) is 6. The standard InChI is InChI=1S/C18H19N5O2/c1-12-15(18(24)25-3)9-10-17(19-12)20-13(2)16-11-23(22-21-16)14-7-5-4-6-8-14/h4-11,13H,1-3H3,(H,19,20). The maximum absolute atomic E-state index is 11.6. The van der Waals surface area contributed by atoms with Gasteiger partial charge in [-0.1, -0.05) is 23.4 Å². The van der Waals surface area contributed by atoms with E-state index >= 15 is 0 Å². The lowest BCUT2D eigenvalue weighted by Gasteiger charge is -2.13. The monoisotopic (exact) mass is 337 g/mol. The highest BCUT2D eigenvalue weighted by Crippen LogP contribution is 2.18. The Morgan fingerprint density at radius 2 is 1.96 bits per heavy atom. The van der Waals surface area contributed by atoms with Crippen molar-refractivity contribution in [1.29, 1.82) is 0 Å². The third-order valence-corrected chi connectivity index (χ3v) is 3.83. The first kappa shape index (κ1) is 16.6. The van der Waals surface area contributed by atoms with Gasteiger partial charge in [0.05, 0.1) is 36.3 Å². The number of rotatable bonds is 5. The van der Waals surface area contributed by atoms with Gasteiger partial charge in [-0.25, -0.2) is 14.5 Å². The summed E-state index contributed by atoms with van der Waals surface area (Å²) in [5.74, 6) is 0.266. The number of esters is 1. The van der Waals surface area contributed by atoms with Gasteiger partial charge in [-0.3, -0.25) is 0 Å². The maximum Gasteiger partial charge on any atom is 0.339 e. The highest BCUT2D eigenvalue weighted by Gasteiger charge is 2.14. The second-order valence-corrected chi connectivity index (χ2v) is 5.61. The predicted molar refractivity (Wildman–Crippen MR) is 93.7 cm³/mol. The number of aryl methyl sites for hydroxylation is 1. The molecule has 0 radical (unpaired) electrons. The van der Waals surface area contributed by atoms with E-state index in [4.69, 9.17) is 4.74 Å². The lowest BCUT2D eigenvalue weighted by atomic mass is 10.2. The molecule has 128 valence electrons. The molecule has 0 saturated carbocycles. The predicted octanol–water partition coefficient (Wildman–Crippen LogP) is 2.93. The highest BCUT2D eigenvalue weighted by molar-refractivity contribution is 5.90. The molecule has 0 amide bonds. The molecular formula is C18H19N5O2. The average Bonchev–Trinajstić information content (AvgIpc) is 3.12. The van der Waals surface area contributed by atoms with E-state index in [0.717, 1.165) is 11.4 Å². The highest BCUT2D eigenvalue weighted by atomic mass is 16.5. The van der Waals surface area contributed by atoms with Gasteiger partial charge in [-0.05, 0) is 38.1 Å². The minimum atomic E-state index is -0.393. The van der Waals surface area contributed by atoms with Gasteiger partial charge in [-0.15, -0.1) is 5.10 Å². The van der Waals surface area contributed by atoms with Crippen molar-refractivity contribution in [3.8, 4) is 5.69 Å². The zero-order chi connectivity index (χ0) is 17.8. The largest absolute Gasteiger partial charge is 0.465 e. The minimum absolute atomic E-state index is 0.0895. The van der Waals surface area contributed by atoms with Crippen LogP contribution in [0.15, 0.2) is 48.7 Å². The molecule has 7 heteroatoms. The Hall–Kier alpha value is -3.22. The van der Waals surface area contributed by atoms with Crippen molar-refractivity contribution in [2.45, 2.75) is 19.9 Å². The van der Waals surface area contributed by atoms with Crippen LogP contribution in [-0.4, -0.2) is 33.1 Å². The van der Waals surface area contributed by atoms with Crippen LogP contribution in [0.2, 0.25) is 0 Å². The molecule has 0 spiro atoms.